The molecule has 0 amide bonds. The lowest BCUT2D eigenvalue weighted by Gasteiger charge is -2.09. The summed E-state index contributed by atoms with van der Waals surface area (Å²) in [6.45, 7) is 0. The summed E-state index contributed by atoms with van der Waals surface area (Å²) in [5.74, 6) is -4.26. The molecule has 6 heteroatoms. The van der Waals surface area contributed by atoms with E-state index in [1.165, 1.54) is 6.20 Å². The number of halogens is 3. The number of rotatable bonds is 2. The molecule has 16 heavy (non-hydrogen) atoms. The van der Waals surface area contributed by atoms with Crippen LogP contribution in [0.5, 0.6) is 0 Å². The smallest absolute Gasteiger partial charge is 0.194 e. The molecule has 0 saturated heterocycles. The van der Waals surface area contributed by atoms with Crippen molar-refractivity contribution in [2.24, 2.45) is 0 Å². The van der Waals surface area contributed by atoms with Crippen molar-refractivity contribution in [1.82, 2.24) is 4.98 Å². The van der Waals surface area contributed by atoms with Crippen LogP contribution in [-0.4, -0.2) is 10.1 Å². The Morgan fingerprint density at radius 3 is 2.56 bits per heavy atom. The minimum atomic E-state index is -1.59. The Balaban J connectivity index is 2.45. The van der Waals surface area contributed by atoms with Crippen molar-refractivity contribution in [3.05, 3.63) is 51.7 Å². The zero-order valence-corrected chi connectivity index (χ0v) is 8.64. The largest absolute Gasteiger partial charge is 0.381 e. The highest BCUT2D eigenvalue weighted by Gasteiger charge is 2.21. The lowest BCUT2D eigenvalue weighted by Crippen LogP contribution is -2.05. The van der Waals surface area contributed by atoms with Crippen LogP contribution in [0.1, 0.15) is 16.7 Å². The summed E-state index contributed by atoms with van der Waals surface area (Å²) in [4.78, 5) is 3.77. The molecule has 0 bridgehead atoms. The van der Waals surface area contributed by atoms with Gasteiger partial charge in [0.2, 0.25) is 0 Å². The van der Waals surface area contributed by atoms with E-state index >= 15 is 0 Å². The monoisotopic (exact) mass is 245 g/mol. The van der Waals surface area contributed by atoms with Gasteiger partial charge in [-0.05, 0) is 12.1 Å². The number of hydrogen-bond acceptors (Lipinski definition) is 3. The van der Waals surface area contributed by atoms with Gasteiger partial charge < -0.3 is 5.11 Å². The molecule has 0 radical (unpaired) electrons. The summed E-state index contributed by atoms with van der Waals surface area (Å²) in [6, 6.07) is 1.77. The second-order valence-electron chi connectivity index (χ2n) is 3.04. The highest BCUT2D eigenvalue weighted by Crippen LogP contribution is 2.27. The van der Waals surface area contributed by atoms with Crippen LogP contribution in [0.3, 0.4) is 0 Å². The molecule has 84 valence electrons. The summed E-state index contributed by atoms with van der Waals surface area (Å²) < 4.78 is 38.9. The van der Waals surface area contributed by atoms with Crippen LogP contribution in [0.15, 0.2) is 23.7 Å². The summed E-state index contributed by atoms with van der Waals surface area (Å²) in [7, 11) is 0. The minimum Gasteiger partial charge on any atom is -0.381 e. The second kappa shape index (κ2) is 4.23. The molecule has 1 unspecified atom stereocenters. The zero-order chi connectivity index (χ0) is 11.7. The molecule has 0 aliphatic rings. The Kier molecular flexibility index (Phi) is 2.93. The molecule has 0 spiro atoms. The molecule has 1 aromatic carbocycles. The average Bonchev–Trinajstić information content (AvgIpc) is 2.79. The molecule has 1 aromatic heterocycles. The fourth-order valence-electron chi connectivity index (χ4n) is 1.25. The normalized spacial score (nSPS) is 12.8. The van der Waals surface area contributed by atoms with Crippen molar-refractivity contribution in [3.63, 3.8) is 0 Å². The lowest BCUT2D eigenvalue weighted by atomic mass is 10.1. The van der Waals surface area contributed by atoms with Gasteiger partial charge in [0.25, 0.3) is 0 Å². The van der Waals surface area contributed by atoms with Crippen molar-refractivity contribution in [2.45, 2.75) is 6.10 Å². The van der Waals surface area contributed by atoms with E-state index in [2.05, 4.69) is 4.98 Å². The number of nitrogens with zero attached hydrogens (tertiary/aromatic N) is 1. The van der Waals surface area contributed by atoms with Gasteiger partial charge in [0, 0.05) is 17.1 Å². The molecule has 0 fully saturated rings. The molecule has 2 nitrogen and oxygen atoms in total. The van der Waals surface area contributed by atoms with Gasteiger partial charge >= 0.3 is 0 Å². The third-order valence-electron chi connectivity index (χ3n) is 2.04. The maximum absolute atomic E-state index is 13.3. The number of thiazole rings is 1. The Labute approximate surface area is 93.0 Å². The Hall–Kier alpha value is -1.40. The molecule has 1 N–H and O–H groups in total. The van der Waals surface area contributed by atoms with Gasteiger partial charge in [0.05, 0.1) is 0 Å². The zero-order valence-electron chi connectivity index (χ0n) is 7.82. The van der Waals surface area contributed by atoms with E-state index in [1.54, 1.807) is 5.38 Å². The van der Waals surface area contributed by atoms with Gasteiger partial charge in [-0.1, -0.05) is 0 Å². The van der Waals surface area contributed by atoms with Crippen LogP contribution in [-0.2, 0) is 0 Å². The van der Waals surface area contributed by atoms with Crippen molar-refractivity contribution in [3.8, 4) is 0 Å². The van der Waals surface area contributed by atoms with Gasteiger partial charge in [0.1, 0.15) is 11.1 Å². The molecular weight excluding hydrogens is 239 g/mol. The Morgan fingerprint density at radius 2 is 1.94 bits per heavy atom. The van der Waals surface area contributed by atoms with Gasteiger partial charge in [-0.3, -0.25) is 0 Å². The van der Waals surface area contributed by atoms with Crippen molar-refractivity contribution in [1.29, 1.82) is 0 Å². The molecule has 2 aromatic rings. The summed E-state index contributed by atoms with van der Waals surface area (Å²) >= 11 is 1.10. The number of aromatic nitrogens is 1. The highest BCUT2D eigenvalue weighted by atomic mass is 32.1. The van der Waals surface area contributed by atoms with Gasteiger partial charge in [0.15, 0.2) is 17.5 Å². The molecule has 0 aliphatic heterocycles. The fraction of sp³-hybridized carbons (Fsp3) is 0.100. The number of aliphatic hydroxyl groups is 1. The van der Waals surface area contributed by atoms with Crippen LogP contribution in [0.4, 0.5) is 13.2 Å². The first-order valence-electron chi connectivity index (χ1n) is 4.32. The Morgan fingerprint density at radius 1 is 1.19 bits per heavy atom. The average molecular weight is 245 g/mol. The van der Waals surface area contributed by atoms with Gasteiger partial charge in [-0.25, -0.2) is 18.2 Å². The maximum Gasteiger partial charge on any atom is 0.194 e. The lowest BCUT2D eigenvalue weighted by molar-refractivity contribution is 0.212. The fourth-order valence-corrected chi connectivity index (χ4v) is 1.89. The standard InChI is InChI=1S/C10H6F3NOS/c11-6-2-1-5(7(12)8(6)13)9(15)10-14-3-4-16-10/h1-4,9,15H. The minimum absolute atomic E-state index is 0.227. The number of aliphatic hydroxyl groups excluding tert-OH is 1. The van der Waals surface area contributed by atoms with Gasteiger partial charge in [-0.15, -0.1) is 11.3 Å². The third-order valence-corrected chi connectivity index (χ3v) is 2.87. The molecule has 1 heterocycles. The third kappa shape index (κ3) is 1.81. The molecular formula is C10H6F3NOS. The van der Waals surface area contributed by atoms with E-state index in [4.69, 9.17) is 0 Å². The quantitative estimate of drug-likeness (QED) is 0.825. The van der Waals surface area contributed by atoms with E-state index in [0.717, 1.165) is 23.5 Å². The SMILES string of the molecule is OC(c1nccs1)c1ccc(F)c(F)c1F. The number of benzene rings is 1. The molecule has 2 rings (SSSR count). The molecule has 0 saturated carbocycles. The molecule has 1 atom stereocenters. The van der Waals surface area contributed by atoms with E-state index in [9.17, 15) is 18.3 Å². The van der Waals surface area contributed by atoms with E-state index < -0.39 is 23.6 Å². The first-order chi connectivity index (χ1) is 7.61. The van der Waals surface area contributed by atoms with Crippen LogP contribution in [0, 0.1) is 17.5 Å². The van der Waals surface area contributed by atoms with Crippen LogP contribution >= 0.6 is 11.3 Å². The predicted molar refractivity (Wildman–Crippen MR) is 52.5 cm³/mol. The van der Waals surface area contributed by atoms with Crippen LogP contribution in [0.2, 0.25) is 0 Å². The van der Waals surface area contributed by atoms with Crippen molar-refractivity contribution >= 4 is 11.3 Å². The van der Waals surface area contributed by atoms with Crippen molar-refractivity contribution in [2.75, 3.05) is 0 Å². The summed E-state index contributed by atoms with van der Waals surface area (Å²) in [6.07, 6.45) is 0.0520. The topological polar surface area (TPSA) is 33.1 Å². The second-order valence-corrected chi connectivity index (χ2v) is 3.96. The van der Waals surface area contributed by atoms with Gasteiger partial charge in [-0.2, -0.15) is 0 Å². The first kappa shape index (κ1) is 11.1. The molecule has 0 aliphatic carbocycles. The van der Waals surface area contributed by atoms with Crippen LogP contribution < -0.4 is 0 Å². The first-order valence-corrected chi connectivity index (χ1v) is 5.20. The van der Waals surface area contributed by atoms with E-state index in [0.29, 0.717) is 0 Å². The Bertz CT molecular complexity index is 501. The summed E-state index contributed by atoms with van der Waals surface area (Å²) in [5.41, 5.74) is -0.325. The maximum atomic E-state index is 13.3. The number of hydrogen-bond donors (Lipinski definition) is 1. The van der Waals surface area contributed by atoms with E-state index in [-0.39, 0.29) is 10.6 Å². The van der Waals surface area contributed by atoms with Crippen molar-refractivity contribution < 1.29 is 18.3 Å². The highest BCUT2D eigenvalue weighted by molar-refractivity contribution is 7.09. The summed E-state index contributed by atoms with van der Waals surface area (Å²) in [5, 5.41) is 11.5. The van der Waals surface area contributed by atoms with Crippen LogP contribution in [0.25, 0.3) is 0 Å². The predicted octanol–water partition coefficient (Wildman–Crippen LogP) is 2.64. The van der Waals surface area contributed by atoms with E-state index in [1.807, 2.05) is 0 Å².